The van der Waals surface area contributed by atoms with E-state index in [4.69, 9.17) is 4.74 Å². The van der Waals surface area contributed by atoms with Gasteiger partial charge in [0.1, 0.15) is 5.60 Å². The van der Waals surface area contributed by atoms with Crippen molar-refractivity contribution in [2.24, 2.45) is 0 Å². The summed E-state index contributed by atoms with van der Waals surface area (Å²) in [7, 11) is 2.19. The maximum atomic E-state index is 12.1. The Kier molecular flexibility index (Phi) is 5.88. The van der Waals surface area contributed by atoms with Crippen molar-refractivity contribution >= 4 is 6.09 Å². The molecule has 1 fully saturated rings. The van der Waals surface area contributed by atoms with Gasteiger partial charge in [-0.2, -0.15) is 0 Å². The normalized spacial score (nSPS) is 21.9. The third-order valence-corrected chi connectivity index (χ3v) is 5.21. The number of likely N-dealkylation sites (N-methyl/N-ethyl adjacent to an activating group) is 1. The van der Waals surface area contributed by atoms with Crippen LogP contribution in [0.5, 0.6) is 0 Å². The lowest BCUT2D eigenvalue weighted by atomic mass is 9.86. The maximum Gasteiger partial charge on any atom is 0.408 e. The van der Waals surface area contributed by atoms with Crippen molar-refractivity contribution in [1.29, 1.82) is 0 Å². The Bertz CT molecular complexity index is 631. The van der Waals surface area contributed by atoms with Crippen LogP contribution >= 0.6 is 0 Å². The van der Waals surface area contributed by atoms with Crippen LogP contribution in [0.15, 0.2) is 18.2 Å². The zero-order valence-electron chi connectivity index (χ0n) is 16.7. The monoisotopic (exact) mass is 359 g/mol. The van der Waals surface area contributed by atoms with E-state index in [-0.39, 0.29) is 12.1 Å². The van der Waals surface area contributed by atoms with E-state index in [0.717, 1.165) is 52.0 Å². The molecule has 0 saturated carbocycles. The second-order valence-corrected chi connectivity index (χ2v) is 8.70. The number of benzene rings is 1. The highest BCUT2D eigenvalue weighted by Crippen LogP contribution is 2.31. The van der Waals surface area contributed by atoms with Gasteiger partial charge in [-0.15, -0.1) is 0 Å². The summed E-state index contributed by atoms with van der Waals surface area (Å²) in [6.07, 6.45) is 2.85. The van der Waals surface area contributed by atoms with Crippen molar-refractivity contribution < 1.29 is 9.53 Å². The second-order valence-electron chi connectivity index (χ2n) is 8.70. The Morgan fingerprint density at radius 3 is 2.65 bits per heavy atom. The number of alkyl carbamates (subject to hydrolysis) is 1. The molecule has 1 aliphatic heterocycles. The predicted octanol–water partition coefficient (Wildman–Crippen LogP) is 3.34. The fourth-order valence-corrected chi connectivity index (χ4v) is 3.83. The van der Waals surface area contributed by atoms with Gasteiger partial charge >= 0.3 is 6.09 Å². The topological polar surface area (TPSA) is 44.8 Å². The van der Waals surface area contributed by atoms with Gasteiger partial charge in [-0.3, -0.25) is 4.90 Å². The Morgan fingerprint density at radius 1 is 1.23 bits per heavy atom. The van der Waals surface area contributed by atoms with Crippen LogP contribution in [0.1, 0.15) is 56.3 Å². The smallest absolute Gasteiger partial charge is 0.408 e. The maximum absolute atomic E-state index is 12.1. The first-order valence-electron chi connectivity index (χ1n) is 9.82. The molecule has 1 aromatic carbocycles. The van der Waals surface area contributed by atoms with Gasteiger partial charge in [0.15, 0.2) is 0 Å². The number of piperazine rings is 1. The zero-order chi connectivity index (χ0) is 18.7. The van der Waals surface area contributed by atoms with Gasteiger partial charge in [0, 0.05) is 32.7 Å². The number of nitrogens with one attached hydrogen (secondary N) is 1. The Morgan fingerprint density at radius 2 is 1.96 bits per heavy atom. The molecule has 5 heteroatoms. The summed E-state index contributed by atoms with van der Waals surface area (Å²) in [5.41, 5.74) is 3.55. The van der Waals surface area contributed by atoms with E-state index < -0.39 is 5.60 Å². The van der Waals surface area contributed by atoms with Crippen molar-refractivity contribution in [1.82, 2.24) is 15.1 Å². The van der Waals surface area contributed by atoms with Crippen LogP contribution in [0.3, 0.4) is 0 Å². The van der Waals surface area contributed by atoms with Crippen molar-refractivity contribution in [3.05, 3.63) is 34.9 Å². The fraction of sp³-hybridized carbons (Fsp3) is 0.667. The molecule has 1 saturated heterocycles. The van der Waals surface area contributed by atoms with Crippen LogP contribution in [0.2, 0.25) is 0 Å². The van der Waals surface area contributed by atoms with E-state index in [2.05, 4.69) is 40.4 Å². The van der Waals surface area contributed by atoms with E-state index in [9.17, 15) is 4.79 Å². The third-order valence-electron chi connectivity index (χ3n) is 5.21. The van der Waals surface area contributed by atoms with Crippen molar-refractivity contribution in [3.63, 3.8) is 0 Å². The predicted molar refractivity (Wildman–Crippen MR) is 104 cm³/mol. The first kappa shape index (κ1) is 19.2. The van der Waals surface area contributed by atoms with Crippen LogP contribution in [-0.4, -0.2) is 54.7 Å². The van der Waals surface area contributed by atoms with Crippen LogP contribution < -0.4 is 5.32 Å². The lowest BCUT2D eigenvalue weighted by Gasteiger charge is -2.33. The Balaban J connectivity index is 1.64. The summed E-state index contributed by atoms with van der Waals surface area (Å²) in [5, 5.41) is 3.06. The van der Waals surface area contributed by atoms with E-state index in [1.165, 1.54) is 16.7 Å². The molecule has 2 aliphatic rings. The van der Waals surface area contributed by atoms with E-state index in [0.29, 0.717) is 0 Å². The number of fused-ring (bicyclic) bond motifs is 1. The molecule has 1 unspecified atom stereocenters. The lowest BCUT2D eigenvalue weighted by Crippen LogP contribution is -2.43. The number of hydrogen-bond donors (Lipinski definition) is 1. The average Bonchev–Trinajstić information content (AvgIpc) is 2.55. The van der Waals surface area contributed by atoms with E-state index in [1.54, 1.807) is 0 Å². The molecular weight excluding hydrogens is 326 g/mol. The minimum atomic E-state index is -0.464. The molecule has 1 atom stereocenters. The molecule has 1 aliphatic carbocycles. The van der Waals surface area contributed by atoms with Gasteiger partial charge in [-0.1, -0.05) is 18.2 Å². The van der Waals surface area contributed by atoms with E-state index >= 15 is 0 Å². The van der Waals surface area contributed by atoms with E-state index in [1.807, 2.05) is 20.8 Å². The molecule has 0 aromatic heterocycles. The lowest BCUT2D eigenvalue weighted by molar-refractivity contribution is 0.0498. The molecular formula is C21H33N3O2. The molecule has 1 heterocycles. The zero-order valence-corrected chi connectivity index (χ0v) is 16.7. The first-order valence-corrected chi connectivity index (χ1v) is 9.82. The highest BCUT2D eigenvalue weighted by Gasteiger charge is 2.25. The fourth-order valence-electron chi connectivity index (χ4n) is 3.83. The van der Waals surface area contributed by atoms with Crippen LogP contribution in [0.25, 0.3) is 0 Å². The summed E-state index contributed by atoms with van der Waals surface area (Å²) in [6, 6.07) is 6.84. The molecule has 0 radical (unpaired) electrons. The molecule has 1 amide bonds. The minimum absolute atomic E-state index is 0.0614. The van der Waals surface area contributed by atoms with Crippen LogP contribution in [0, 0.1) is 0 Å². The molecule has 5 nitrogen and oxygen atoms in total. The minimum Gasteiger partial charge on any atom is -0.444 e. The molecule has 1 aromatic rings. The Labute approximate surface area is 157 Å². The second kappa shape index (κ2) is 7.97. The van der Waals surface area contributed by atoms with Crippen LogP contribution in [-0.2, 0) is 17.7 Å². The first-order chi connectivity index (χ1) is 12.3. The number of amides is 1. The van der Waals surface area contributed by atoms with Gasteiger partial charge in [0.05, 0.1) is 6.04 Å². The quantitative estimate of drug-likeness (QED) is 0.899. The van der Waals surface area contributed by atoms with Gasteiger partial charge in [-0.05, 0) is 63.8 Å². The molecule has 144 valence electrons. The molecule has 26 heavy (non-hydrogen) atoms. The highest BCUT2D eigenvalue weighted by molar-refractivity contribution is 5.68. The van der Waals surface area contributed by atoms with Gasteiger partial charge in [-0.25, -0.2) is 4.79 Å². The number of aryl methyl sites for hydroxylation is 1. The summed E-state index contributed by atoms with van der Waals surface area (Å²) >= 11 is 0. The van der Waals surface area contributed by atoms with Gasteiger partial charge in [0.2, 0.25) is 0 Å². The number of carbonyl (C=O) groups is 1. The van der Waals surface area contributed by atoms with Crippen molar-refractivity contribution in [2.75, 3.05) is 33.2 Å². The SMILES string of the molecule is CN1CCN(Cc2ccc3c(c2)CCCC3NC(=O)OC(C)(C)C)CC1. The molecule has 3 rings (SSSR count). The summed E-state index contributed by atoms with van der Waals surface area (Å²) < 4.78 is 5.43. The number of hydrogen-bond acceptors (Lipinski definition) is 4. The van der Waals surface area contributed by atoms with Crippen molar-refractivity contribution in [3.8, 4) is 0 Å². The summed E-state index contributed by atoms with van der Waals surface area (Å²) in [4.78, 5) is 17.1. The molecule has 1 N–H and O–H groups in total. The van der Waals surface area contributed by atoms with Crippen molar-refractivity contribution in [2.45, 2.75) is 58.2 Å². The molecule has 0 bridgehead atoms. The largest absolute Gasteiger partial charge is 0.444 e. The third kappa shape index (κ3) is 5.21. The number of nitrogens with zero attached hydrogens (tertiary/aromatic N) is 2. The average molecular weight is 360 g/mol. The van der Waals surface area contributed by atoms with Gasteiger partial charge < -0.3 is 15.0 Å². The highest BCUT2D eigenvalue weighted by atomic mass is 16.6. The number of carbonyl (C=O) groups excluding carboxylic acids is 1. The summed E-state index contributed by atoms with van der Waals surface area (Å²) in [5.74, 6) is 0. The standard InChI is InChI=1S/C21H33N3O2/c1-21(2,3)26-20(25)22-19-7-5-6-17-14-16(8-9-18(17)19)15-24-12-10-23(4)11-13-24/h8-9,14,19H,5-7,10-13,15H2,1-4H3,(H,22,25). The summed E-state index contributed by atoms with van der Waals surface area (Å²) in [6.45, 7) is 11.3. The Hall–Kier alpha value is -1.59. The van der Waals surface area contributed by atoms with Crippen LogP contribution in [0.4, 0.5) is 4.79 Å². The number of rotatable bonds is 3. The van der Waals surface area contributed by atoms with Gasteiger partial charge in [0.25, 0.3) is 0 Å². The molecule has 0 spiro atoms. The number of ether oxygens (including phenoxy) is 1.